The number of benzene rings is 2. The van der Waals surface area contributed by atoms with E-state index in [1.165, 1.54) is 25.1 Å². The molecule has 0 fully saturated rings. The molecule has 0 radical (unpaired) electrons. The molecule has 1 amide bonds. The molecule has 1 N–H and O–H groups in total. The summed E-state index contributed by atoms with van der Waals surface area (Å²) >= 11 is 0. The maximum atomic E-state index is 12.2. The van der Waals surface area contributed by atoms with Gasteiger partial charge in [-0.2, -0.15) is 0 Å². The smallest absolute Gasteiger partial charge is 0.311 e. The molecule has 0 unspecified atom stereocenters. The highest BCUT2D eigenvalue weighted by Crippen LogP contribution is 2.28. The second-order valence-corrected chi connectivity index (χ2v) is 4.96. The van der Waals surface area contributed by atoms with Gasteiger partial charge in [0.05, 0.1) is 11.5 Å². The number of hydrogen-bond acceptors (Lipinski definition) is 5. The van der Waals surface area contributed by atoms with E-state index in [1.807, 2.05) is 0 Å². The van der Waals surface area contributed by atoms with Crippen molar-refractivity contribution in [3.8, 4) is 5.75 Å². The maximum Gasteiger partial charge on any atom is 0.311 e. The third-order valence-corrected chi connectivity index (χ3v) is 3.27. The molecule has 0 atom stereocenters. The topological polar surface area (TPSA) is 98.5 Å². The number of carbonyl (C=O) groups excluding carboxylic acids is 2. The highest BCUT2D eigenvalue weighted by atomic mass is 16.6. The summed E-state index contributed by atoms with van der Waals surface area (Å²) in [6.45, 7) is 3.45. The lowest BCUT2D eigenvalue weighted by Crippen LogP contribution is -2.12. The number of anilines is 1. The van der Waals surface area contributed by atoms with Crippen LogP contribution in [0.25, 0.3) is 0 Å². The number of nitro benzene ring substituents is 1. The SMILES string of the molecule is CCOc1ccc(C(=O)Nc2ccc(C(C)=O)cc2)cc1[N+](=O)[O-]. The summed E-state index contributed by atoms with van der Waals surface area (Å²) < 4.78 is 5.18. The van der Waals surface area contributed by atoms with E-state index in [0.717, 1.165) is 0 Å². The fourth-order valence-electron chi connectivity index (χ4n) is 2.07. The molecule has 124 valence electrons. The van der Waals surface area contributed by atoms with Crippen molar-refractivity contribution in [2.24, 2.45) is 0 Å². The summed E-state index contributed by atoms with van der Waals surface area (Å²) in [5.74, 6) is -0.448. The molecular formula is C17H16N2O5. The van der Waals surface area contributed by atoms with Crippen molar-refractivity contribution in [1.82, 2.24) is 0 Å². The number of nitrogens with one attached hydrogen (secondary N) is 1. The number of nitro groups is 1. The van der Waals surface area contributed by atoms with Crippen molar-refractivity contribution in [3.05, 3.63) is 63.7 Å². The van der Waals surface area contributed by atoms with Gasteiger partial charge in [-0.3, -0.25) is 19.7 Å². The average Bonchev–Trinajstić information content (AvgIpc) is 2.55. The Hall–Kier alpha value is -3.22. The Labute approximate surface area is 138 Å². The van der Waals surface area contributed by atoms with E-state index in [9.17, 15) is 19.7 Å². The van der Waals surface area contributed by atoms with Crippen LogP contribution in [0.2, 0.25) is 0 Å². The highest BCUT2D eigenvalue weighted by molar-refractivity contribution is 6.05. The first-order valence-corrected chi connectivity index (χ1v) is 7.26. The van der Waals surface area contributed by atoms with E-state index >= 15 is 0 Å². The quantitative estimate of drug-likeness (QED) is 0.497. The first kappa shape index (κ1) is 17.1. The molecule has 0 aliphatic carbocycles. The van der Waals surface area contributed by atoms with Crippen molar-refractivity contribution in [2.45, 2.75) is 13.8 Å². The Kier molecular flexibility index (Phi) is 5.26. The van der Waals surface area contributed by atoms with Crippen molar-refractivity contribution in [3.63, 3.8) is 0 Å². The van der Waals surface area contributed by atoms with Crippen molar-refractivity contribution in [1.29, 1.82) is 0 Å². The lowest BCUT2D eigenvalue weighted by atomic mass is 10.1. The van der Waals surface area contributed by atoms with Gasteiger partial charge < -0.3 is 10.1 Å². The summed E-state index contributed by atoms with van der Waals surface area (Å²) in [6.07, 6.45) is 0. The van der Waals surface area contributed by atoms with Gasteiger partial charge in [-0.1, -0.05) is 0 Å². The molecule has 7 heteroatoms. The number of hydrogen-bond donors (Lipinski definition) is 1. The molecule has 2 aromatic carbocycles. The zero-order valence-electron chi connectivity index (χ0n) is 13.2. The summed E-state index contributed by atoms with van der Waals surface area (Å²) in [7, 11) is 0. The summed E-state index contributed by atoms with van der Waals surface area (Å²) in [6, 6.07) is 10.4. The van der Waals surface area contributed by atoms with Crippen LogP contribution in [0.5, 0.6) is 5.75 Å². The largest absolute Gasteiger partial charge is 0.487 e. The van der Waals surface area contributed by atoms with Gasteiger partial charge in [0.1, 0.15) is 0 Å². The predicted molar refractivity (Wildman–Crippen MR) is 88.7 cm³/mol. The maximum absolute atomic E-state index is 12.2. The monoisotopic (exact) mass is 328 g/mol. The molecule has 0 aromatic heterocycles. The number of nitrogens with zero attached hydrogens (tertiary/aromatic N) is 1. The first-order valence-electron chi connectivity index (χ1n) is 7.26. The molecule has 0 heterocycles. The molecule has 7 nitrogen and oxygen atoms in total. The van der Waals surface area contributed by atoms with Gasteiger partial charge >= 0.3 is 5.69 Å². The second kappa shape index (κ2) is 7.36. The Bertz CT molecular complexity index is 784. The van der Waals surface area contributed by atoms with E-state index in [-0.39, 0.29) is 29.4 Å². The first-order chi connectivity index (χ1) is 11.4. The number of ketones is 1. The van der Waals surface area contributed by atoms with E-state index in [2.05, 4.69) is 5.32 Å². The lowest BCUT2D eigenvalue weighted by molar-refractivity contribution is -0.385. The average molecular weight is 328 g/mol. The van der Waals surface area contributed by atoms with Gasteiger partial charge in [-0.05, 0) is 50.2 Å². The van der Waals surface area contributed by atoms with Crippen LogP contribution in [0.1, 0.15) is 34.6 Å². The van der Waals surface area contributed by atoms with Crippen molar-refractivity contribution < 1.29 is 19.2 Å². The number of amides is 1. The summed E-state index contributed by atoms with van der Waals surface area (Å²) in [5.41, 5.74) is 0.892. The second-order valence-electron chi connectivity index (χ2n) is 4.96. The minimum absolute atomic E-state index is 0.0741. The normalized spacial score (nSPS) is 10.1. The number of ether oxygens (including phenoxy) is 1. The van der Waals surface area contributed by atoms with Crippen LogP contribution in [-0.4, -0.2) is 23.2 Å². The molecule has 0 bridgehead atoms. The zero-order chi connectivity index (χ0) is 17.7. The van der Waals surface area contributed by atoms with E-state index in [1.54, 1.807) is 31.2 Å². The minimum atomic E-state index is -0.594. The van der Waals surface area contributed by atoms with E-state index < -0.39 is 10.8 Å². The van der Waals surface area contributed by atoms with Gasteiger partial charge in [-0.25, -0.2) is 0 Å². The fourth-order valence-corrected chi connectivity index (χ4v) is 2.07. The van der Waals surface area contributed by atoms with Crippen molar-refractivity contribution in [2.75, 3.05) is 11.9 Å². The third-order valence-electron chi connectivity index (χ3n) is 3.27. The molecule has 2 aromatic rings. The predicted octanol–water partition coefficient (Wildman–Crippen LogP) is 3.45. The van der Waals surface area contributed by atoms with Gasteiger partial charge in [0, 0.05) is 22.9 Å². The third kappa shape index (κ3) is 3.95. The van der Waals surface area contributed by atoms with Crippen LogP contribution in [0.15, 0.2) is 42.5 Å². The Balaban J connectivity index is 2.21. The highest BCUT2D eigenvalue weighted by Gasteiger charge is 2.18. The number of carbonyl (C=O) groups is 2. The van der Waals surface area contributed by atoms with E-state index in [4.69, 9.17) is 4.74 Å². The van der Waals surface area contributed by atoms with Crippen LogP contribution in [0.3, 0.4) is 0 Å². The molecule has 24 heavy (non-hydrogen) atoms. The molecule has 0 aliphatic rings. The minimum Gasteiger partial charge on any atom is -0.487 e. The molecular weight excluding hydrogens is 312 g/mol. The summed E-state index contributed by atoms with van der Waals surface area (Å²) in [5, 5.41) is 13.7. The molecule has 0 saturated carbocycles. The number of rotatable bonds is 6. The van der Waals surface area contributed by atoms with Crippen LogP contribution in [0, 0.1) is 10.1 Å². The summed E-state index contributed by atoms with van der Waals surface area (Å²) in [4.78, 5) is 34.0. The molecule has 0 spiro atoms. The standard InChI is InChI=1S/C17H16N2O5/c1-3-24-16-9-6-13(10-15(16)19(22)23)17(21)18-14-7-4-12(5-8-14)11(2)20/h4-10H,3H2,1-2H3,(H,18,21). The zero-order valence-corrected chi connectivity index (χ0v) is 13.2. The van der Waals surface area contributed by atoms with Crippen molar-refractivity contribution >= 4 is 23.1 Å². The molecule has 2 rings (SSSR count). The number of Topliss-reactive ketones (excluding diaryl/α,β-unsaturated/α-hetero) is 1. The Morgan fingerprint density at radius 3 is 2.29 bits per heavy atom. The van der Waals surface area contributed by atoms with Gasteiger partial charge in [-0.15, -0.1) is 0 Å². The van der Waals surface area contributed by atoms with E-state index in [0.29, 0.717) is 11.3 Å². The molecule has 0 aliphatic heterocycles. The fraction of sp³-hybridized carbons (Fsp3) is 0.176. The Morgan fingerprint density at radius 1 is 1.12 bits per heavy atom. The van der Waals surface area contributed by atoms with Crippen LogP contribution in [-0.2, 0) is 0 Å². The van der Waals surface area contributed by atoms with Gasteiger partial charge in [0.15, 0.2) is 11.5 Å². The molecule has 0 saturated heterocycles. The van der Waals surface area contributed by atoms with Gasteiger partial charge in [0.25, 0.3) is 5.91 Å². The van der Waals surface area contributed by atoms with Crippen LogP contribution in [0.4, 0.5) is 11.4 Å². The van der Waals surface area contributed by atoms with Crippen LogP contribution < -0.4 is 10.1 Å². The van der Waals surface area contributed by atoms with Gasteiger partial charge in [0.2, 0.25) is 0 Å². The van der Waals surface area contributed by atoms with Crippen LogP contribution >= 0.6 is 0 Å². The lowest BCUT2D eigenvalue weighted by Gasteiger charge is -2.08. The Morgan fingerprint density at radius 2 is 1.75 bits per heavy atom.